The van der Waals surface area contributed by atoms with Crippen molar-refractivity contribution in [1.29, 1.82) is 0 Å². The number of pyridine rings is 1. The molecule has 24 heavy (non-hydrogen) atoms. The maximum absolute atomic E-state index is 13.7. The molecule has 0 spiro atoms. The first-order valence-corrected chi connectivity index (χ1v) is 8.54. The van der Waals surface area contributed by atoms with Gasteiger partial charge in [0, 0.05) is 11.9 Å². The minimum absolute atomic E-state index is 0.249. The molecule has 1 aliphatic heterocycles. The van der Waals surface area contributed by atoms with Crippen LogP contribution >= 0.6 is 11.8 Å². The second-order valence-corrected chi connectivity index (χ2v) is 6.65. The van der Waals surface area contributed by atoms with Crippen LogP contribution in [0.1, 0.15) is 5.56 Å². The molecule has 2 atom stereocenters. The van der Waals surface area contributed by atoms with Crippen molar-refractivity contribution in [2.45, 2.75) is 17.7 Å². The highest BCUT2D eigenvalue weighted by atomic mass is 32.2. The standard InChI is InChI=1S/C17H16FN3O2S/c18-13-6-2-1-4-11(13)8-15-17(23)21-14(10-24-15)16(22)20-12-5-3-7-19-9-12/h1-7,9,14-15H,8,10H2,(H,20,22)(H,21,23)/t14-,15+/m0/s1. The van der Waals surface area contributed by atoms with Crippen molar-refractivity contribution >= 4 is 29.3 Å². The molecule has 0 radical (unpaired) electrons. The second-order valence-electron chi connectivity index (χ2n) is 5.41. The lowest BCUT2D eigenvalue weighted by Gasteiger charge is -2.28. The number of rotatable bonds is 4. The first kappa shape index (κ1) is 16.4. The van der Waals surface area contributed by atoms with Gasteiger partial charge in [-0.15, -0.1) is 11.8 Å². The minimum Gasteiger partial charge on any atom is -0.343 e. The van der Waals surface area contributed by atoms with Crippen LogP contribution in [-0.2, 0) is 16.0 Å². The number of anilines is 1. The molecule has 5 nitrogen and oxygen atoms in total. The molecule has 2 amide bonds. The monoisotopic (exact) mass is 345 g/mol. The fourth-order valence-corrected chi connectivity index (χ4v) is 3.59. The van der Waals surface area contributed by atoms with Crippen LogP contribution in [0.15, 0.2) is 48.8 Å². The summed E-state index contributed by atoms with van der Waals surface area (Å²) in [6.45, 7) is 0. The molecule has 3 rings (SSSR count). The predicted octanol–water partition coefficient (Wildman–Crippen LogP) is 2.00. The highest BCUT2D eigenvalue weighted by Gasteiger charge is 2.32. The number of hydrogen-bond acceptors (Lipinski definition) is 4. The van der Waals surface area contributed by atoms with Gasteiger partial charge in [-0.25, -0.2) is 4.39 Å². The predicted molar refractivity (Wildman–Crippen MR) is 91.1 cm³/mol. The fourth-order valence-electron chi connectivity index (χ4n) is 2.42. The number of thioether (sulfide) groups is 1. The van der Waals surface area contributed by atoms with Crippen molar-refractivity contribution in [3.63, 3.8) is 0 Å². The first-order chi connectivity index (χ1) is 11.6. The Labute approximate surface area is 143 Å². The highest BCUT2D eigenvalue weighted by Crippen LogP contribution is 2.23. The van der Waals surface area contributed by atoms with E-state index in [4.69, 9.17) is 0 Å². The number of hydrogen-bond donors (Lipinski definition) is 2. The topological polar surface area (TPSA) is 71.1 Å². The summed E-state index contributed by atoms with van der Waals surface area (Å²) in [6, 6.07) is 9.24. The van der Waals surface area contributed by atoms with E-state index in [0.717, 1.165) is 0 Å². The number of benzene rings is 1. The van der Waals surface area contributed by atoms with Gasteiger partial charge in [0.15, 0.2) is 0 Å². The Kier molecular flexibility index (Phi) is 5.10. The van der Waals surface area contributed by atoms with Crippen LogP contribution in [0.4, 0.5) is 10.1 Å². The van der Waals surface area contributed by atoms with Crippen LogP contribution in [0.2, 0.25) is 0 Å². The van der Waals surface area contributed by atoms with Gasteiger partial charge in [0.25, 0.3) is 0 Å². The quantitative estimate of drug-likeness (QED) is 0.889. The Morgan fingerprint density at radius 2 is 2.17 bits per heavy atom. The molecule has 1 fully saturated rings. The maximum atomic E-state index is 13.7. The van der Waals surface area contributed by atoms with E-state index in [1.165, 1.54) is 24.0 Å². The third kappa shape index (κ3) is 3.91. The minimum atomic E-state index is -0.612. The smallest absolute Gasteiger partial charge is 0.247 e. The molecular formula is C17H16FN3O2S. The van der Waals surface area contributed by atoms with Gasteiger partial charge in [-0.05, 0) is 30.2 Å². The zero-order chi connectivity index (χ0) is 16.9. The van der Waals surface area contributed by atoms with Crippen molar-refractivity contribution in [3.8, 4) is 0 Å². The Morgan fingerprint density at radius 3 is 2.88 bits per heavy atom. The van der Waals surface area contributed by atoms with Crippen LogP contribution < -0.4 is 10.6 Å². The number of halogens is 1. The second kappa shape index (κ2) is 7.44. The van der Waals surface area contributed by atoms with Gasteiger partial charge in [-0.3, -0.25) is 14.6 Å². The largest absolute Gasteiger partial charge is 0.343 e. The molecule has 0 bridgehead atoms. The molecule has 1 aromatic carbocycles. The van der Waals surface area contributed by atoms with E-state index < -0.39 is 11.3 Å². The maximum Gasteiger partial charge on any atom is 0.247 e. The van der Waals surface area contributed by atoms with Crippen molar-refractivity contribution in [2.75, 3.05) is 11.1 Å². The Bertz CT molecular complexity index is 742. The Balaban J connectivity index is 1.58. The van der Waals surface area contributed by atoms with Gasteiger partial charge in [0.1, 0.15) is 11.9 Å². The third-order valence-electron chi connectivity index (χ3n) is 3.68. The van der Waals surface area contributed by atoms with Crippen LogP contribution in [0, 0.1) is 5.82 Å². The van der Waals surface area contributed by atoms with Gasteiger partial charge >= 0.3 is 0 Å². The van der Waals surface area contributed by atoms with Gasteiger partial charge in [0.2, 0.25) is 11.8 Å². The van der Waals surface area contributed by atoms with Crippen molar-refractivity contribution < 1.29 is 14.0 Å². The van der Waals surface area contributed by atoms with Crippen LogP contribution in [0.25, 0.3) is 0 Å². The van der Waals surface area contributed by atoms with Gasteiger partial charge in [-0.2, -0.15) is 0 Å². The lowest BCUT2D eigenvalue weighted by atomic mass is 10.1. The summed E-state index contributed by atoms with van der Waals surface area (Å²) in [7, 11) is 0. The number of carbonyl (C=O) groups is 2. The van der Waals surface area contributed by atoms with E-state index in [0.29, 0.717) is 23.4 Å². The summed E-state index contributed by atoms with van der Waals surface area (Å²) in [5, 5.41) is 5.03. The summed E-state index contributed by atoms with van der Waals surface area (Å²) in [5.41, 5.74) is 1.08. The first-order valence-electron chi connectivity index (χ1n) is 7.50. The van der Waals surface area contributed by atoms with E-state index in [9.17, 15) is 14.0 Å². The molecule has 2 aromatic rings. The summed E-state index contributed by atoms with van der Waals surface area (Å²) in [5.74, 6) is -0.409. The van der Waals surface area contributed by atoms with E-state index in [-0.39, 0.29) is 17.6 Å². The molecule has 0 saturated carbocycles. The SMILES string of the molecule is O=C(Nc1cccnc1)[C@@H]1CS[C@H](Cc2ccccc2F)C(=O)N1. The molecule has 2 heterocycles. The fraction of sp³-hybridized carbons (Fsp3) is 0.235. The average molecular weight is 345 g/mol. The van der Waals surface area contributed by atoms with E-state index >= 15 is 0 Å². The van der Waals surface area contributed by atoms with Gasteiger partial charge in [-0.1, -0.05) is 18.2 Å². The lowest BCUT2D eigenvalue weighted by Crippen LogP contribution is -2.52. The summed E-state index contributed by atoms with van der Waals surface area (Å²) in [6.07, 6.45) is 3.46. The molecule has 2 N–H and O–H groups in total. The molecule has 0 unspecified atom stereocenters. The molecular weight excluding hydrogens is 329 g/mol. The Morgan fingerprint density at radius 1 is 1.33 bits per heavy atom. The lowest BCUT2D eigenvalue weighted by molar-refractivity contribution is -0.126. The van der Waals surface area contributed by atoms with E-state index in [1.54, 1.807) is 36.5 Å². The molecule has 0 aliphatic carbocycles. The third-order valence-corrected chi connectivity index (χ3v) is 4.99. The zero-order valence-corrected chi connectivity index (χ0v) is 13.6. The number of carbonyl (C=O) groups excluding carboxylic acids is 2. The van der Waals surface area contributed by atoms with Gasteiger partial charge < -0.3 is 10.6 Å². The number of aromatic nitrogens is 1. The average Bonchev–Trinajstić information content (AvgIpc) is 2.59. The molecule has 1 aliphatic rings. The highest BCUT2D eigenvalue weighted by molar-refractivity contribution is 8.00. The van der Waals surface area contributed by atoms with Crippen molar-refractivity contribution in [1.82, 2.24) is 10.3 Å². The van der Waals surface area contributed by atoms with E-state index in [2.05, 4.69) is 15.6 Å². The van der Waals surface area contributed by atoms with Crippen molar-refractivity contribution in [3.05, 3.63) is 60.2 Å². The van der Waals surface area contributed by atoms with Crippen LogP contribution in [0.5, 0.6) is 0 Å². The molecule has 124 valence electrons. The molecule has 1 aromatic heterocycles. The molecule has 7 heteroatoms. The number of amides is 2. The summed E-state index contributed by atoms with van der Waals surface area (Å²) < 4.78 is 13.7. The van der Waals surface area contributed by atoms with E-state index in [1.807, 2.05) is 0 Å². The Hall–Kier alpha value is -2.41. The van der Waals surface area contributed by atoms with Gasteiger partial charge in [0.05, 0.1) is 17.1 Å². The summed E-state index contributed by atoms with van der Waals surface area (Å²) in [4.78, 5) is 28.4. The number of nitrogens with one attached hydrogen (secondary N) is 2. The summed E-state index contributed by atoms with van der Waals surface area (Å²) >= 11 is 1.37. The van der Waals surface area contributed by atoms with Crippen molar-refractivity contribution in [2.24, 2.45) is 0 Å². The number of nitrogens with zero attached hydrogens (tertiary/aromatic N) is 1. The zero-order valence-electron chi connectivity index (χ0n) is 12.7. The van der Waals surface area contributed by atoms with Crippen LogP contribution in [-0.4, -0.2) is 33.8 Å². The molecule has 1 saturated heterocycles. The van der Waals surface area contributed by atoms with Crippen LogP contribution in [0.3, 0.4) is 0 Å². The normalized spacial score (nSPS) is 20.3.